The number of carbonyl (C=O) groups is 1. The van der Waals surface area contributed by atoms with Crippen LogP contribution in [0.2, 0.25) is 0 Å². The van der Waals surface area contributed by atoms with Gasteiger partial charge in [0.2, 0.25) is 11.1 Å². The zero-order valence-electron chi connectivity index (χ0n) is 12.9. The molecule has 138 valence electrons. The lowest BCUT2D eigenvalue weighted by atomic mass is 10.0. The van der Waals surface area contributed by atoms with Crippen LogP contribution in [0.1, 0.15) is 12.5 Å². The summed E-state index contributed by atoms with van der Waals surface area (Å²) in [6, 6.07) is 5.14. The third-order valence-electron chi connectivity index (χ3n) is 4.04. The van der Waals surface area contributed by atoms with Crippen LogP contribution in [0.25, 0.3) is 5.69 Å². The van der Waals surface area contributed by atoms with E-state index in [1.807, 2.05) is 0 Å². The van der Waals surface area contributed by atoms with Crippen molar-refractivity contribution in [1.29, 1.82) is 0 Å². The van der Waals surface area contributed by atoms with E-state index in [0.29, 0.717) is 5.69 Å². The molecular formula is C14H11ClF2N4O4S. The van der Waals surface area contributed by atoms with Crippen molar-refractivity contribution in [3.8, 4) is 11.4 Å². The summed E-state index contributed by atoms with van der Waals surface area (Å²) in [5, 5.41) is 7.99. The first-order valence-electron chi connectivity index (χ1n) is 7.52. The van der Waals surface area contributed by atoms with Crippen LogP contribution < -0.4 is 4.74 Å². The Balaban J connectivity index is 1.60. The number of Topliss-reactive ketones (excluding diaryl/α,β-unsaturated/α-hetero) is 1. The topological polar surface area (TPSA) is 80.4 Å². The molecule has 0 aliphatic carbocycles. The van der Waals surface area contributed by atoms with Crippen molar-refractivity contribution in [2.75, 3.05) is 6.61 Å². The summed E-state index contributed by atoms with van der Waals surface area (Å²) in [6.07, 6.45) is -0.968. The number of benzene rings is 1. The Morgan fingerprint density at radius 1 is 1.31 bits per heavy atom. The average Bonchev–Trinajstić information content (AvgIpc) is 3.16. The fraction of sp³-hybridized carbons (Fsp3) is 0.429. The van der Waals surface area contributed by atoms with Crippen LogP contribution >= 0.6 is 23.8 Å². The molecule has 2 aliphatic heterocycles. The van der Waals surface area contributed by atoms with Crippen LogP contribution in [0, 0.1) is 4.77 Å². The number of ketones is 1. The second kappa shape index (κ2) is 6.34. The molecule has 8 nitrogen and oxygen atoms in total. The maximum absolute atomic E-state index is 12.7. The Labute approximate surface area is 155 Å². The van der Waals surface area contributed by atoms with Gasteiger partial charge in [0.25, 0.3) is 0 Å². The third-order valence-corrected chi connectivity index (χ3v) is 4.48. The molecule has 4 rings (SSSR count). The highest BCUT2D eigenvalue weighted by atomic mass is 35.5. The van der Waals surface area contributed by atoms with Crippen molar-refractivity contribution in [2.24, 2.45) is 0 Å². The van der Waals surface area contributed by atoms with Gasteiger partial charge in [-0.25, -0.2) is 4.68 Å². The molecular weight excluding hydrogens is 394 g/mol. The SMILES string of the molecule is O=C1C[C@@H](n2nnn(-c3ccc(OC(F)(F)Cl)cc3)c2=S)[C@@H]2CO[C@@H]1O2. The second-order valence-corrected chi connectivity index (χ2v) is 6.54. The van der Waals surface area contributed by atoms with Crippen LogP contribution in [0.4, 0.5) is 8.78 Å². The summed E-state index contributed by atoms with van der Waals surface area (Å²) >= 11 is 10.1. The summed E-state index contributed by atoms with van der Waals surface area (Å²) in [5.74, 6) is -0.295. The van der Waals surface area contributed by atoms with E-state index >= 15 is 0 Å². The Bertz CT molecular complexity index is 898. The van der Waals surface area contributed by atoms with Crippen LogP contribution in [0.5, 0.6) is 5.75 Å². The first-order chi connectivity index (χ1) is 12.3. The number of hydrogen-bond donors (Lipinski definition) is 0. The standard InChI is InChI=1S/C14H11ClF2N4O4S/c15-14(16,17)25-8-3-1-7(2-4-8)20-13(26)21(19-18-20)9-5-10(22)12-23-6-11(9)24-12/h1-4,9,11-12H,5-6H2/t9-,11+,12-/m1/s1. The van der Waals surface area contributed by atoms with Gasteiger partial charge in [-0.05, 0) is 46.9 Å². The minimum Gasteiger partial charge on any atom is -0.420 e. The minimum atomic E-state index is -3.80. The van der Waals surface area contributed by atoms with Gasteiger partial charge in [-0.1, -0.05) is 0 Å². The van der Waals surface area contributed by atoms with E-state index in [9.17, 15) is 13.6 Å². The van der Waals surface area contributed by atoms with E-state index in [-0.39, 0.29) is 35.4 Å². The predicted octanol–water partition coefficient (Wildman–Crippen LogP) is 2.22. The largest absolute Gasteiger partial charge is 0.487 e. The van der Waals surface area contributed by atoms with Crippen molar-refractivity contribution in [3.05, 3.63) is 29.0 Å². The normalized spacial score (nSPS) is 25.5. The van der Waals surface area contributed by atoms with Gasteiger partial charge >= 0.3 is 5.57 Å². The molecule has 0 unspecified atom stereocenters. The Hall–Kier alpha value is -1.95. The molecule has 0 N–H and O–H groups in total. The summed E-state index contributed by atoms with van der Waals surface area (Å²) in [4.78, 5) is 11.9. The third kappa shape index (κ3) is 3.22. The first-order valence-corrected chi connectivity index (χ1v) is 8.31. The van der Waals surface area contributed by atoms with E-state index in [1.54, 1.807) is 0 Å². The molecule has 2 saturated heterocycles. The molecule has 1 aromatic carbocycles. The van der Waals surface area contributed by atoms with Gasteiger partial charge in [-0.3, -0.25) is 4.79 Å². The molecule has 2 aromatic rings. The van der Waals surface area contributed by atoms with Crippen LogP contribution in [0.15, 0.2) is 24.3 Å². The number of halogens is 3. The smallest absolute Gasteiger partial charge is 0.420 e. The number of hydrogen-bond acceptors (Lipinski definition) is 7. The number of tetrazole rings is 1. The number of ether oxygens (including phenoxy) is 3. The summed E-state index contributed by atoms with van der Waals surface area (Å²) < 4.78 is 43.3. The molecule has 1 aromatic heterocycles. The molecule has 0 amide bonds. The van der Waals surface area contributed by atoms with E-state index < -0.39 is 17.9 Å². The number of fused-ring (bicyclic) bond motifs is 2. The molecule has 0 spiro atoms. The molecule has 12 heteroatoms. The lowest BCUT2D eigenvalue weighted by Crippen LogP contribution is -2.37. The van der Waals surface area contributed by atoms with Crippen LogP contribution in [0.3, 0.4) is 0 Å². The van der Waals surface area contributed by atoms with Gasteiger partial charge in [-0.2, -0.15) is 4.68 Å². The van der Waals surface area contributed by atoms with Crippen molar-refractivity contribution >= 4 is 29.6 Å². The minimum absolute atomic E-state index is 0.118. The maximum Gasteiger partial charge on any atom is 0.487 e. The Morgan fingerprint density at radius 3 is 2.73 bits per heavy atom. The van der Waals surface area contributed by atoms with Gasteiger partial charge < -0.3 is 14.2 Å². The number of carbonyl (C=O) groups excluding carboxylic acids is 1. The molecule has 3 atom stereocenters. The van der Waals surface area contributed by atoms with E-state index in [0.717, 1.165) is 0 Å². The molecule has 2 fully saturated rings. The van der Waals surface area contributed by atoms with E-state index in [4.69, 9.17) is 33.3 Å². The number of nitrogens with zero attached hydrogens (tertiary/aromatic N) is 4. The average molecular weight is 405 g/mol. The van der Waals surface area contributed by atoms with Gasteiger partial charge in [0, 0.05) is 18.0 Å². The maximum atomic E-state index is 12.7. The summed E-state index contributed by atoms with van der Waals surface area (Å²) in [7, 11) is 0. The highest BCUT2D eigenvalue weighted by Gasteiger charge is 2.45. The zero-order valence-corrected chi connectivity index (χ0v) is 14.5. The van der Waals surface area contributed by atoms with Crippen molar-refractivity contribution in [2.45, 2.75) is 30.4 Å². The highest BCUT2D eigenvalue weighted by molar-refractivity contribution is 7.71. The zero-order chi connectivity index (χ0) is 18.5. The highest BCUT2D eigenvalue weighted by Crippen LogP contribution is 2.32. The molecule has 0 radical (unpaired) electrons. The Morgan fingerprint density at radius 2 is 2.04 bits per heavy atom. The molecule has 2 aliphatic rings. The predicted molar refractivity (Wildman–Crippen MR) is 84.9 cm³/mol. The van der Waals surface area contributed by atoms with Gasteiger partial charge in [0.15, 0.2) is 5.78 Å². The second-order valence-electron chi connectivity index (χ2n) is 5.74. The number of aromatic nitrogens is 4. The number of alkyl halides is 3. The first kappa shape index (κ1) is 17.5. The lowest BCUT2D eigenvalue weighted by molar-refractivity contribution is -0.156. The summed E-state index contributed by atoms with van der Waals surface area (Å²) in [6.45, 7) is 0.272. The quantitative estimate of drug-likeness (QED) is 0.571. The van der Waals surface area contributed by atoms with Crippen molar-refractivity contribution in [3.63, 3.8) is 0 Å². The molecule has 2 bridgehead atoms. The fourth-order valence-corrected chi connectivity index (χ4v) is 3.29. The fourth-order valence-electron chi connectivity index (χ4n) is 2.88. The Kier molecular flexibility index (Phi) is 4.26. The van der Waals surface area contributed by atoms with Crippen molar-refractivity contribution in [1.82, 2.24) is 19.8 Å². The van der Waals surface area contributed by atoms with E-state index in [2.05, 4.69) is 15.2 Å². The van der Waals surface area contributed by atoms with Gasteiger partial charge in [-0.15, -0.1) is 8.78 Å². The molecule has 26 heavy (non-hydrogen) atoms. The number of rotatable bonds is 4. The van der Waals surface area contributed by atoms with Crippen LogP contribution in [-0.4, -0.2) is 50.1 Å². The van der Waals surface area contributed by atoms with Crippen LogP contribution in [-0.2, 0) is 14.3 Å². The monoisotopic (exact) mass is 404 g/mol. The van der Waals surface area contributed by atoms with Crippen molar-refractivity contribution < 1.29 is 27.8 Å². The molecule has 0 saturated carbocycles. The lowest BCUT2D eigenvalue weighted by Gasteiger charge is -2.25. The molecule has 3 heterocycles. The van der Waals surface area contributed by atoms with E-state index in [1.165, 1.54) is 33.6 Å². The van der Waals surface area contributed by atoms with Gasteiger partial charge in [0.1, 0.15) is 11.9 Å². The van der Waals surface area contributed by atoms with Gasteiger partial charge in [0.05, 0.1) is 18.3 Å². The summed E-state index contributed by atoms with van der Waals surface area (Å²) in [5.41, 5.74) is -3.31.